The molecule has 0 unspecified atom stereocenters. The number of nitrogens with zero attached hydrogens (tertiary/aromatic N) is 2. The number of rotatable bonds is 7. The molecule has 2 aromatic carbocycles. The molecule has 2 aromatic heterocycles. The zero-order chi connectivity index (χ0) is 20.9. The third-order valence-electron chi connectivity index (χ3n) is 4.46. The predicted molar refractivity (Wildman–Crippen MR) is 118 cm³/mol. The van der Waals surface area contributed by atoms with Gasteiger partial charge in [0.1, 0.15) is 6.61 Å². The number of fused-ring (bicyclic) bond motifs is 1. The highest BCUT2D eigenvalue weighted by Crippen LogP contribution is 2.31. The number of benzene rings is 2. The Balaban J connectivity index is 1.51. The number of aromatic nitrogens is 2. The van der Waals surface area contributed by atoms with Crippen molar-refractivity contribution in [3.63, 3.8) is 0 Å². The second kappa shape index (κ2) is 8.92. The van der Waals surface area contributed by atoms with E-state index in [2.05, 4.69) is 15.3 Å². The molecule has 0 fully saturated rings. The molecule has 1 N–H and O–H groups in total. The minimum atomic E-state index is -0.244. The summed E-state index contributed by atoms with van der Waals surface area (Å²) in [6.45, 7) is 4.73. The quantitative estimate of drug-likeness (QED) is 0.444. The largest absolute Gasteiger partial charge is 0.490 e. The molecule has 0 saturated carbocycles. The number of aryl methyl sites for hydroxylation is 1. The second-order valence-corrected chi connectivity index (χ2v) is 7.67. The molecule has 30 heavy (non-hydrogen) atoms. The Bertz CT molecular complexity index is 1180. The average molecular weight is 420 g/mol. The van der Waals surface area contributed by atoms with Crippen LogP contribution < -0.4 is 14.8 Å². The van der Waals surface area contributed by atoms with E-state index in [0.717, 1.165) is 21.3 Å². The van der Waals surface area contributed by atoms with Crippen LogP contribution in [0.4, 0.5) is 5.13 Å². The molecule has 152 valence electrons. The highest BCUT2D eigenvalue weighted by Gasteiger charge is 2.14. The van der Waals surface area contributed by atoms with Crippen LogP contribution in [0.3, 0.4) is 0 Å². The van der Waals surface area contributed by atoms with E-state index >= 15 is 0 Å². The van der Waals surface area contributed by atoms with E-state index in [9.17, 15) is 4.79 Å². The molecule has 0 atom stereocenters. The fourth-order valence-corrected chi connectivity index (χ4v) is 3.93. The van der Waals surface area contributed by atoms with Crippen molar-refractivity contribution in [3.8, 4) is 11.5 Å². The molecular weight excluding hydrogens is 398 g/mol. The first-order valence-electron chi connectivity index (χ1n) is 9.60. The highest BCUT2D eigenvalue weighted by molar-refractivity contribution is 7.22. The zero-order valence-electron chi connectivity index (χ0n) is 16.7. The van der Waals surface area contributed by atoms with Crippen LogP contribution >= 0.6 is 11.3 Å². The van der Waals surface area contributed by atoms with Gasteiger partial charge in [0.15, 0.2) is 16.6 Å². The van der Waals surface area contributed by atoms with Gasteiger partial charge in [-0.1, -0.05) is 29.5 Å². The van der Waals surface area contributed by atoms with Gasteiger partial charge in [0.2, 0.25) is 0 Å². The number of carbonyl (C=O) groups excluding carboxylic acids is 1. The topological polar surface area (TPSA) is 73.3 Å². The van der Waals surface area contributed by atoms with E-state index in [-0.39, 0.29) is 5.91 Å². The summed E-state index contributed by atoms with van der Waals surface area (Å²) >= 11 is 1.45. The molecule has 7 heteroatoms. The molecular formula is C23H21N3O3S. The van der Waals surface area contributed by atoms with E-state index in [4.69, 9.17) is 9.47 Å². The van der Waals surface area contributed by atoms with Crippen molar-refractivity contribution in [2.24, 2.45) is 0 Å². The summed E-state index contributed by atoms with van der Waals surface area (Å²) in [7, 11) is 0. The number of para-hydroxylation sites is 1. The van der Waals surface area contributed by atoms with Gasteiger partial charge in [-0.15, -0.1) is 0 Å². The molecule has 2 heterocycles. The molecule has 0 aliphatic rings. The van der Waals surface area contributed by atoms with Crippen molar-refractivity contribution in [2.45, 2.75) is 20.5 Å². The minimum Gasteiger partial charge on any atom is -0.490 e. The maximum absolute atomic E-state index is 12.8. The van der Waals surface area contributed by atoms with Gasteiger partial charge in [0, 0.05) is 23.5 Å². The number of amides is 1. The Labute approximate surface area is 178 Å². The minimum absolute atomic E-state index is 0.244. The van der Waals surface area contributed by atoms with Gasteiger partial charge in [-0.2, -0.15) is 0 Å². The summed E-state index contributed by atoms with van der Waals surface area (Å²) in [5, 5.41) is 3.45. The van der Waals surface area contributed by atoms with Crippen LogP contribution in [-0.4, -0.2) is 22.5 Å². The average Bonchev–Trinajstić information content (AvgIpc) is 3.17. The normalized spacial score (nSPS) is 10.7. The first-order valence-corrected chi connectivity index (χ1v) is 10.4. The summed E-state index contributed by atoms with van der Waals surface area (Å²) in [4.78, 5) is 21.4. The summed E-state index contributed by atoms with van der Waals surface area (Å²) in [6.07, 6.45) is 3.47. The predicted octanol–water partition coefficient (Wildman–Crippen LogP) is 5.23. The lowest BCUT2D eigenvalue weighted by atomic mass is 10.2. The molecule has 0 aliphatic carbocycles. The summed E-state index contributed by atoms with van der Waals surface area (Å²) < 4.78 is 12.6. The number of anilines is 1. The first-order chi connectivity index (χ1) is 14.6. The van der Waals surface area contributed by atoms with Crippen LogP contribution in [0.5, 0.6) is 11.5 Å². The third-order valence-corrected chi connectivity index (χ3v) is 5.40. The van der Waals surface area contributed by atoms with E-state index in [0.29, 0.717) is 35.4 Å². The van der Waals surface area contributed by atoms with Crippen LogP contribution in [0.1, 0.15) is 28.4 Å². The monoisotopic (exact) mass is 419 g/mol. The number of thiazole rings is 1. The van der Waals surface area contributed by atoms with Crippen LogP contribution in [0.25, 0.3) is 10.2 Å². The second-order valence-electron chi connectivity index (χ2n) is 6.64. The number of hydrogen-bond donors (Lipinski definition) is 1. The summed E-state index contributed by atoms with van der Waals surface area (Å²) in [5.74, 6) is 0.855. The Hall–Kier alpha value is -3.45. The number of pyridine rings is 1. The van der Waals surface area contributed by atoms with E-state index in [1.165, 1.54) is 11.3 Å². The third kappa shape index (κ3) is 4.41. The molecule has 0 radical (unpaired) electrons. The number of ether oxygens (including phenoxy) is 2. The van der Waals surface area contributed by atoms with Gasteiger partial charge >= 0.3 is 0 Å². The molecule has 0 spiro atoms. The first kappa shape index (κ1) is 19.8. The van der Waals surface area contributed by atoms with Gasteiger partial charge in [0.25, 0.3) is 5.91 Å². The van der Waals surface area contributed by atoms with Crippen molar-refractivity contribution in [2.75, 3.05) is 11.9 Å². The maximum atomic E-state index is 12.8. The Kier molecular flexibility index (Phi) is 5.90. The van der Waals surface area contributed by atoms with Crippen molar-refractivity contribution in [3.05, 3.63) is 77.6 Å². The van der Waals surface area contributed by atoms with Crippen LogP contribution in [0, 0.1) is 6.92 Å². The standard InChI is InChI=1S/C23H21N3O3S/c1-3-28-19-12-17(9-10-18(19)29-14-16-7-5-11-24-13-16)22(27)26-23-25-21-15(2)6-4-8-20(21)30-23/h4-13H,3,14H2,1-2H3,(H,25,26,27). The SMILES string of the molecule is CCOc1cc(C(=O)Nc2nc3c(C)cccc3s2)ccc1OCc1cccnc1. The number of nitrogens with one attached hydrogen (secondary N) is 1. The zero-order valence-corrected chi connectivity index (χ0v) is 17.5. The maximum Gasteiger partial charge on any atom is 0.257 e. The number of carbonyl (C=O) groups is 1. The Morgan fingerprint density at radius 1 is 1.10 bits per heavy atom. The van der Waals surface area contributed by atoms with E-state index in [1.54, 1.807) is 30.6 Å². The van der Waals surface area contributed by atoms with Crippen molar-refractivity contribution in [1.82, 2.24) is 9.97 Å². The fraction of sp³-hybridized carbons (Fsp3) is 0.174. The highest BCUT2D eigenvalue weighted by atomic mass is 32.1. The van der Waals surface area contributed by atoms with Gasteiger partial charge in [-0.3, -0.25) is 15.1 Å². The van der Waals surface area contributed by atoms with Crippen molar-refractivity contribution in [1.29, 1.82) is 0 Å². The lowest BCUT2D eigenvalue weighted by Crippen LogP contribution is -2.12. The van der Waals surface area contributed by atoms with Crippen LogP contribution in [-0.2, 0) is 6.61 Å². The van der Waals surface area contributed by atoms with Gasteiger partial charge in [-0.05, 0) is 49.7 Å². The molecule has 0 aliphatic heterocycles. The summed E-state index contributed by atoms with van der Waals surface area (Å²) in [5.41, 5.74) is 3.42. The molecule has 0 bridgehead atoms. The van der Waals surface area contributed by atoms with Gasteiger partial charge in [-0.25, -0.2) is 4.98 Å². The lowest BCUT2D eigenvalue weighted by molar-refractivity contribution is 0.102. The van der Waals surface area contributed by atoms with Crippen molar-refractivity contribution >= 4 is 32.6 Å². The molecule has 4 aromatic rings. The van der Waals surface area contributed by atoms with Gasteiger partial charge < -0.3 is 9.47 Å². The molecule has 1 amide bonds. The van der Waals surface area contributed by atoms with Crippen LogP contribution in [0.15, 0.2) is 60.9 Å². The molecule has 6 nitrogen and oxygen atoms in total. The fourth-order valence-electron chi connectivity index (χ4n) is 2.99. The summed E-state index contributed by atoms with van der Waals surface area (Å²) in [6, 6.07) is 14.9. The lowest BCUT2D eigenvalue weighted by Gasteiger charge is -2.13. The van der Waals surface area contributed by atoms with E-state index < -0.39 is 0 Å². The van der Waals surface area contributed by atoms with E-state index in [1.807, 2.05) is 44.2 Å². The van der Waals surface area contributed by atoms with Crippen LogP contribution in [0.2, 0.25) is 0 Å². The van der Waals surface area contributed by atoms with Gasteiger partial charge in [0.05, 0.1) is 16.8 Å². The smallest absolute Gasteiger partial charge is 0.257 e. The Morgan fingerprint density at radius 2 is 2.00 bits per heavy atom. The number of hydrogen-bond acceptors (Lipinski definition) is 6. The van der Waals surface area contributed by atoms with Crippen molar-refractivity contribution < 1.29 is 14.3 Å². The molecule has 4 rings (SSSR count). The molecule has 0 saturated heterocycles. The Morgan fingerprint density at radius 3 is 2.77 bits per heavy atom.